The fourth-order valence-electron chi connectivity index (χ4n) is 3.19. The minimum absolute atomic E-state index is 0.0583. The number of nitrogens with zero attached hydrogens (tertiary/aromatic N) is 1. The van der Waals surface area contributed by atoms with E-state index in [0.29, 0.717) is 17.2 Å². The van der Waals surface area contributed by atoms with Gasteiger partial charge in [0, 0.05) is 10.6 Å². The van der Waals surface area contributed by atoms with E-state index in [1.165, 1.54) is 22.9 Å². The van der Waals surface area contributed by atoms with E-state index in [0.717, 1.165) is 17.7 Å². The molecule has 0 saturated heterocycles. The predicted molar refractivity (Wildman–Crippen MR) is 110 cm³/mol. The van der Waals surface area contributed by atoms with Crippen molar-refractivity contribution in [1.29, 1.82) is 5.26 Å². The summed E-state index contributed by atoms with van der Waals surface area (Å²) in [5.41, 5.74) is 2.59. The molecule has 1 amide bonds. The number of aryl methyl sites for hydroxylation is 1. The molecule has 0 fully saturated rings. The number of hydrogen-bond acceptors (Lipinski definition) is 5. The van der Waals surface area contributed by atoms with Crippen molar-refractivity contribution in [2.24, 2.45) is 5.92 Å². The van der Waals surface area contributed by atoms with Gasteiger partial charge in [0.2, 0.25) is 0 Å². The lowest BCUT2D eigenvalue weighted by atomic mass is 9.90. The molecule has 5 nitrogen and oxygen atoms in total. The number of thiophene rings is 1. The third-order valence-electron chi connectivity index (χ3n) is 4.65. The molecule has 0 aliphatic heterocycles. The molecular formula is C22H22N2O3S. The van der Waals surface area contributed by atoms with Crippen molar-refractivity contribution < 1.29 is 14.3 Å². The van der Waals surface area contributed by atoms with Gasteiger partial charge in [-0.15, -0.1) is 11.3 Å². The van der Waals surface area contributed by atoms with Crippen molar-refractivity contribution in [3.05, 3.63) is 56.8 Å². The Bertz CT molecular complexity index is 951. The van der Waals surface area contributed by atoms with Crippen LogP contribution in [0, 0.1) is 17.2 Å². The van der Waals surface area contributed by atoms with Crippen molar-refractivity contribution in [2.45, 2.75) is 33.1 Å². The summed E-state index contributed by atoms with van der Waals surface area (Å²) >= 11 is 1.58. The first-order valence-corrected chi connectivity index (χ1v) is 10.1. The second-order valence-corrected chi connectivity index (χ2v) is 8.01. The van der Waals surface area contributed by atoms with Crippen molar-refractivity contribution in [1.82, 2.24) is 0 Å². The zero-order chi connectivity index (χ0) is 20.1. The second kappa shape index (κ2) is 8.85. The van der Waals surface area contributed by atoms with Crippen LogP contribution in [0.15, 0.2) is 35.9 Å². The minimum Gasteiger partial charge on any atom is -0.462 e. The smallest absolute Gasteiger partial charge is 0.348 e. The zero-order valence-corrected chi connectivity index (χ0v) is 16.8. The van der Waals surface area contributed by atoms with E-state index >= 15 is 0 Å². The number of hydrogen-bond donors (Lipinski definition) is 1. The highest BCUT2D eigenvalue weighted by molar-refractivity contribution is 7.14. The van der Waals surface area contributed by atoms with Crippen molar-refractivity contribution in [3.63, 3.8) is 0 Å². The SMILES string of the molecule is CCOC(=O)C(C#N)=Cc1ccc(NC(=O)c2cc3c(s2)CCC(C)C3)cc1. The molecule has 1 aliphatic carbocycles. The third-order valence-corrected chi connectivity index (χ3v) is 5.88. The van der Waals surface area contributed by atoms with Crippen LogP contribution in [0.2, 0.25) is 0 Å². The number of anilines is 1. The Labute approximate surface area is 168 Å². The average Bonchev–Trinajstić information content (AvgIpc) is 3.11. The van der Waals surface area contributed by atoms with Gasteiger partial charge in [0.05, 0.1) is 11.5 Å². The summed E-state index contributed by atoms with van der Waals surface area (Å²) in [5, 5.41) is 12.0. The number of nitriles is 1. The van der Waals surface area contributed by atoms with Gasteiger partial charge in [-0.05, 0) is 67.5 Å². The van der Waals surface area contributed by atoms with Crippen LogP contribution < -0.4 is 5.32 Å². The Hall–Kier alpha value is -2.91. The number of rotatable bonds is 5. The van der Waals surface area contributed by atoms with Gasteiger partial charge in [0.25, 0.3) is 5.91 Å². The first kappa shape index (κ1) is 19.8. The molecule has 1 heterocycles. The van der Waals surface area contributed by atoms with Crippen LogP contribution in [-0.4, -0.2) is 18.5 Å². The molecule has 2 aromatic rings. The van der Waals surface area contributed by atoms with Gasteiger partial charge in [-0.3, -0.25) is 4.79 Å². The van der Waals surface area contributed by atoms with Crippen molar-refractivity contribution in [3.8, 4) is 6.07 Å². The van der Waals surface area contributed by atoms with E-state index in [2.05, 4.69) is 12.2 Å². The lowest BCUT2D eigenvalue weighted by Crippen LogP contribution is -2.10. The first-order valence-electron chi connectivity index (χ1n) is 9.32. The van der Waals surface area contributed by atoms with E-state index in [1.807, 2.05) is 12.1 Å². The van der Waals surface area contributed by atoms with Crippen LogP contribution in [-0.2, 0) is 22.4 Å². The van der Waals surface area contributed by atoms with E-state index in [9.17, 15) is 9.59 Å². The second-order valence-electron chi connectivity index (χ2n) is 6.87. The Morgan fingerprint density at radius 1 is 1.36 bits per heavy atom. The molecule has 0 saturated carbocycles. The molecule has 28 heavy (non-hydrogen) atoms. The maximum Gasteiger partial charge on any atom is 0.348 e. The Balaban J connectivity index is 1.68. The lowest BCUT2D eigenvalue weighted by molar-refractivity contribution is -0.137. The highest BCUT2D eigenvalue weighted by Gasteiger charge is 2.20. The first-order chi connectivity index (χ1) is 13.5. The number of carbonyl (C=O) groups is 2. The van der Waals surface area contributed by atoms with Gasteiger partial charge < -0.3 is 10.1 Å². The number of nitrogens with one attached hydrogen (secondary N) is 1. The van der Waals surface area contributed by atoms with Crippen LogP contribution in [0.3, 0.4) is 0 Å². The molecule has 1 atom stereocenters. The molecule has 0 radical (unpaired) electrons. The number of ether oxygens (including phenoxy) is 1. The molecule has 0 bridgehead atoms. The van der Waals surface area contributed by atoms with Crippen LogP contribution in [0.1, 0.15) is 45.9 Å². The highest BCUT2D eigenvalue weighted by Crippen LogP contribution is 2.32. The molecule has 144 valence electrons. The van der Waals surface area contributed by atoms with Crippen LogP contribution in [0.25, 0.3) is 6.08 Å². The fraction of sp³-hybridized carbons (Fsp3) is 0.318. The summed E-state index contributed by atoms with van der Waals surface area (Å²) in [7, 11) is 0. The highest BCUT2D eigenvalue weighted by atomic mass is 32.1. The van der Waals surface area contributed by atoms with Crippen molar-refractivity contribution in [2.75, 3.05) is 11.9 Å². The van der Waals surface area contributed by atoms with Gasteiger partial charge >= 0.3 is 5.97 Å². The standard InChI is InChI=1S/C22H22N2O3S/c1-3-27-22(26)17(13-23)11-15-5-7-18(8-6-15)24-21(25)20-12-16-10-14(2)4-9-19(16)28-20/h5-8,11-12,14H,3-4,9-10H2,1-2H3,(H,24,25). The molecule has 1 aromatic carbocycles. The van der Waals surface area contributed by atoms with Gasteiger partial charge in [-0.1, -0.05) is 19.1 Å². The number of benzene rings is 1. The summed E-state index contributed by atoms with van der Waals surface area (Å²) < 4.78 is 4.85. The Morgan fingerprint density at radius 2 is 2.11 bits per heavy atom. The Morgan fingerprint density at radius 3 is 2.79 bits per heavy atom. The van der Waals surface area contributed by atoms with E-state index in [1.54, 1.807) is 42.5 Å². The number of fused-ring (bicyclic) bond motifs is 1. The molecule has 6 heteroatoms. The summed E-state index contributed by atoms with van der Waals surface area (Å²) in [4.78, 5) is 26.3. The zero-order valence-electron chi connectivity index (χ0n) is 16.0. The summed E-state index contributed by atoms with van der Waals surface area (Å²) in [6.07, 6.45) is 4.75. The number of carbonyl (C=O) groups excluding carboxylic acids is 2. The quantitative estimate of drug-likeness (QED) is 0.457. The molecule has 1 unspecified atom stereocenters. The molecule has 1 aromatic heterocycles. The number of esters is 1. The van der Waals surface area contributed by atoms with Crippen molar-refractivity contribution >= 4 is 35.0 Å². The van der Waals surface area contributed by atoms with Crippen LogP contribution in [0.5, 0.6) is 0 Å². The monoisotopic (exact) mass is 394 g/mol. The Kier molecular flexibility index (Phi) is 6.27. The maximum atomic E-state index is 12.6. The van der Waals surface area contributed by atoms with Gasteiger partial charge in [0.15, 0.2) is 0 Å². The third kappa shape index (κ3) is 4.68. The maximum absolute atomic E-state index is 12.6. The molecule has 1 aliphatic rings. The van der Waals surface area contributed by atoms with Gasteiger partial charge in [-0.25, -0.2) is 4.79 Å². The van der Waals surface area contributed by atoms with E-state index < -0.39 is 5.97 Å². The minimum atomic E-state index is -0.640. The average molecular weight is 394 g/mol. The summed E-state index contributed by atoms with van der Waals surface area (Å²) in [6, 6.07) is 10.8. The normalized spacial score (nSPS) is 16.0. The predicted octanol–water partition coefficient (Wildman–Crippen LogP) is 4.60. The van der Waals surface area contributed by atoms with E-state index in [4.69, 9.17) is 10.00 Å². The van der Waals surface area contributed by atoms with Crippen LogP contribution >= 0.6 is 11.3 Å². The van der Waals surface area contributed by atoms with Gasteiger partial charge in [-0.2, -0.15) is 5.26 Å². The van der Waals surface area contributed by atoms with E-state index in [-0.39, 0.29) is 18.1 Å². The largest absolute Gasteiger partial charge is 0.462 e. The van der Waals surface area contributed by atoms with Crippen LogP contribution in [0.4, 0.5) is 5.69 Å². The molecule has 0 spiro atoms. The summed E-state index contributed by atoms with van der Waals surface area (Å²) in [5.74, 6) is -0.0792. The molecule has 1 N–H and O–H groups in total. The van der Waals surface area contributed by atoms with Gasteiger partial charge in [0.1, 0.15) is 11.6 Å². The molecule has 3 rings (SSSR count). The fourth-order valence-corrected chi connectivity index (χ4v) is 4.29. The lowest BCUT2D eigenvalue weighted by Gasteiger charge is -2.16. The topological polar surface area (TPSA) is 79.2 Å². The molecular weight excluding hydrogens is 372 g/mol. The summed E-state index contributed by atoms with van der Waals surface area (Å²) in [6.45, 7) is 4.15. The number of amides is 1.